The van der Waals surface area contributed by atoms with Gasteiger partial charge in [0.15, 0.2) is 5.78 Å². The summed E-state index contributed by atoms with van der Waals surface area (Å²) in [6.45, 7) is 0. The lowest BCUT2D eigenvalue weighted by Crippen LogP contribution is -2.05. The summed E-state index contributed by atoms with van der Waals surface area (Å²) in [4.78, 5) is 17.7. The number of nitrogens with zero attached hydrogens (tertiary/aromatic N) is 1. The number of rotatable bonds is 3. The molecule has 0 atom stereocenters. The average Bonchev–Trinajstić information content (AvgIpc) is 3.15. The molecule has 0 aliphatic carbocycles. The predicted octanol–water partition coefficient (Wildman–Crippen LogP) is 5.19. The lowest BCUT2D eigenvalue weighted by Gasteiger charge is -2.11. The molecule has 2 heterocycles. The molecular formula is C20H13NOS. The first kappa shape index (κ1) is 13.9. The highest BCUT2D eigenvalue weighted by Gasteiger charge is 2.19. The van der Waals surface area contributed by atoms with Gasteiger partial charge in [0, 0.05) is 28.1 Å². The van der Waals surface area contributed by atoms with E-state index in [9.17, 15) is 4.79 Å². The fourth-order valence-corrected chi connectivity index (χ4v) is 3.38. The molecule has 3 heteroatoms. The molecule has 4 aromatic rings. The second-order valence-electron chi connectivity index (χ2n) is 5.28. The van der Waals surface area contributed by atoms with Gasteiger partial charge >= 0.3 is 0 Å². The van der Waals surface area contributed by atoms with Crippen molar-refractivity contribution in [3.8, 4) is 11.3 Å². The Bertz CT molecular complexity index is 975. The van der Waals surface area contributed by atoms with Gasteiger partial charge in [-0.3, -0.25) is 9.78 Å². The van der Waals surface area contributed by atoms with Crippen LogP contribution in [0.1, 0.15) is 15.9 Å². The summed E-state index contributed by atoms with van der Waals surface area (Å²) in [5, 5.41) is 5.73. The van der Waals surface area contributed by atoms with Crippen molar-refractivity contribution in [3.63, 3.8) is 0 Å². The average molecular weight is 315 g/mol. The van der Waals surface area contributed by atoms with E-state index in [1.807, 2.05) is 77.6 Å². The Morgan fingerprint density at radius 2 is 1.70 bits per heavy atom. The highest BCUT2D eigenvalue weighted by molar-refractivity contribution is 7.08. The molecule has 0 fully saturated rings. The minimum atomic E-state index is 0.0226. The standard InChI is InChI=1S/C20H13NOS/c22-20(16-10-11-23-13-16)18-17-9-5-4-8-15(17)12-21-19(18)14-6-2-1-3-7-14/h1-13H. The number of ketones is 1. The van der Waals surface area contributed by atoms with E-state index in [0.717, 1.165) is 22.0 Å². The largest absolute Gasteiger partial charge is 0.288 e. The van der Waals surface area contributed by atoms with Gasteiger partial charge < -0.3 is 0 Å². The Kier molecular flexibility index (Phi) is 3.48. The zero-order chi connectivity index (χ0) is 15.6. The van der Waals surface area contributed by atoms with E-state index in [0.29, 0.717) is 11.1 Å². The number of fused-ring (bicyclic) bond motifs is 1. The maximum absolute atomic E-state index is 13.1. The number of hydrogen-bond acceptors (Lipinski definition) is 3. The molecule has 0 saturated heterocycles. The highest BCUT2D eigenvalue weighted by atomic mass is 32.1. The molecule has 0 N–H and O–H groups in total. The van der Waals surface area contributed by atoms with Crippen molar-refractivity contribution >= 4 is 27.9 Å². The molecular weight excluding hydrogens is 302 g/mol. The number of carbonyl (C=O) groups excluding carboxylic acids is 1. The van der Waals surface area contributed by atoms with Gasteiger partial charge in [-0.2, -0.15) is 11.3 Å². The van der Waals surface area contributed by atoms with E-state index in [1.165, 1.54) is 11.3 Å². The molecule has 110 valence electrons. The fourth-order valence-electron chi connectivity index (χ4n) is 2.75. The molecule has 23 heavy (non-hydrogen) atoms. The Labute approximate surface area is 138 Å². The molecule has 0 bridgehead atoms. The van der Waals surface area contributed by atoms with E-state index in [-0.39, 0.29) is 5.78 Å². The van der Waals surface area contributed by atoms with Crippen LogP contribution in [-0.4, -0.2) is 10.8 Å². The third-order valence-electron chi connectivity index (χ3n) is 3.86. The molecule has 0 aliphatic heterocycles. The molecule has 0 amide bonds. The first-order chi connectivity index (χ1) is 11.3. The second kappa shape index (κ2) is 5.78. The van der Waals surface area contributed by atoms with Crippen molar-refractivity contribution in [2.45, 2.75) is 0 Å². The number of benzene rings is 2. The van der Waals surface area contributed by atoms with Crippen LogP contribution in [0.3, 0.4) is 0 Å². The molecule has 4 rings (SSSR count). The number of carbonyl (C=O) groups is 1. The van der Waals surface area contributed by atoms with Crippen molar-refractivity contribution in [1.29, 1.82) is 0 Å². The van der Waals surface area contributed by atoms with Crippen LogP contribution in [-0.2, 0) is 0 Å². The van der Waals surface area contributed by atoms with E-state index in [2.05, 4.69) is 4.98 Å². The number of pyridine rings is 1. The second-order valence-corrected chi connectivity index (χ2v) is 6.06. The molecule has 0 aliphatic rings. The maximum atomic E-state index is 13.1. The zero-order valence-corrected chi connectivity index (χ0v) is 13.1. The Morgan fingerprint density at radius 3 is 2.48 bits per heavy atom. The topological polar surface area (TPSA) is 30.0 Å². The summed E-state index contributed by atoms with van der Waals surface area (Å²) in [5.74, 6) is 0.0226. The van der Waals surface area contributed by atoms with Crippen LogP contribution in [0, 0.1) is 0 Å². The van der Waals surface area contributed by atoms with Gasteiger partial charge in [0.1, 0.15) is 0 Å². The van der Waals surface area contributed by atoms with Gasteiger partial charge in [-0.15, -0.1) is 0 Å². The Balaban J connectivity index is 2.04. The lowest BCUT2D eigenvalue weighted by molar-refractivity contribution is 0.104. The van der Waals surface area contributed by atoms with E-state index in [1.54, 1.807) is 0 Å². The minimum Gasteiger partial charge on any atom is -0.288 e. The molecule has 0 spiro atoms. The molecule has 2 aromatic carbocycles. The molecule has 0 unspecified atom stereocenters. The van der Waals surface area contributed by atoms with Crippen LogP contribution in [0.4, 0.5) is 0 Å². The van der Waals surface area contributed by atoms with Crippen LogP contribution >= 0.6 is 11.3 Å². The molecule has 0 saturated carbocycles. The normalized spacial score (nSPS) is 10.8. The smallest absolute Gasteiger partial charge is 0.196 e. The first-order valence-electron chi connectivity index (χ1n) is 7.34. The van der Waals surface area contributed by atoms with Crippen LogP contribution in [0.2, 0.25) is 0 Å². The Hall–Kier alpha value is -2.78. The summed E-state index contributed by atoms with van der Waals surface area (Å²) in [5.41, 5.74) is 3.08. The highest BCUT2D eigenvalue weighted by Crippen LogP contribution is 2.30. The van der Waals surface area contributed by atoms with Crippen molar-refractivity contribution in [3.05, 3.63) is 88.7 Å². The van der Waals surface area contributed by atoms with E-state index in [4.69, 9.17) is 0 Å². The van der Waals surface area contributed by atoms with Gasteiger partial charge in [0.05, 0.1) is 11.3 Å². The van der Waals surface area contributed by atoms with Crippen molar-refractivity contribution in [2.75, 3.05) is 0 Å². The molecule has 2 nitrogen and oxygen atoms in total. The van der Waals surface area contributed by atoms with Crippen molar-refractivity contribution in [1.82, 2.24) is 4.98 Å². The number of thiophene rings is 1. The van der Waals surface area contributed by atoms with Gasteiger partial charge in [-0.1, -0.05) is 54.6 Å². The SMILES string of the molecule is O=C(c1ccsc1)c1c(-c2ccccc2)ncc2ccccc12. The quantitative estimate of drug-likeness (QED) is 0.487. The summed E-state index contributed by atoms with van der Waals surface area (Å²) in [6, 6.07) is 19.6. The third-order valence-corrected chi connectivity index (χ3v) is 4.54. The zero-order valence-electron chi connectivity index (χ0n) is 12.3. The summed E-state index contributed by atoms with van der Waals surface area (Å²) in [7, 11) is 0. The maximum Gasteiger partial charge on any atom is 0.196 e. The van der Waals surface area contributed by atoms with Crippen molar-refractivity contribution in [2.24, 2.45) is 0 Å². The minimum absolute atomic E-state index is 0.0226. The summed E-state index contributed by atoms with van der Waals surface area (Å²) in [6.07, 6.45) is 1.84. The predicted molar refractivity (Wildman–Crippen MR) is 94.9 cm³/mol. The van der Waals surface area contributed by atoms with Gasteiger partial charge in [0.25, 0.3) is 0 Å². The van der Waals surface area contributed by atoms with Gasteiger partial charge in [-0.25, -0.2) is 0 Å². The number of hydrogen-bond donors (Lipinski definition) is 0. The third kappa shape index (κ3) is 2.45. The molecule has 0 radical (unpaired) electrons. The van der Waals surface area contributed by atoms with Gasteiger partial charge in [-0.05, 0) is 16.8 Å². The van der Waals surface area contributed by atoms with Crippen LogP contribution in [0.15, 0.2) is 77.6 Å². The van der Waals surface area contributed by atoms with Crippen molar-refractivity contribution < 1.29 is 4.79 Å². The summed E-state index contributed by atoms with van der Waals surface area (Å²) >= 11 is 1.53. The van der Waals surface area contributed by atoms with E-state index >= 15 is 0 Å². The van der Waals surface area contributed by atoms with Crippen LogP contribution in [0.5, 0.6) is 0 Å². The van der Waals surface area contributed by atoms with E-state index < -0.39 is 0 Å². The lowest BCUT2D eigenvalue weighted by atomic mass is 9.94. The first-order valence-corrected chi connectivity index (χ1v) is 8.29. The molecule has 2 aromatic heterocycles. The fraction of sp³-hybridized carbons (Fsp3) is 0. The van der Waals surface area contributed by atoms with Crippen LogP contribution < -0.4 is 0 Å². The van der Waals surface area contributed by atoms with Crippen LogP contribution in [0.25, 0.3) is 22.0 Å². The monoisotopic (exact) mass is 315 g/mol. The summed E-state index contributed by atoms with van der Waals surface area (Å²) < 4.78 is 0. The van der Waals surface area contributed by atoms with Gasteiger partial charge in [0.2, 0.25) is 0 Å². The number of aromatic nitrogens is 1. The Morgan fingerprint density at radius 1 is 0.913 bits per heavy atom.